The number of carbonyl (C=O) groups is 1. The Bertz CT molecular complexity index is 790. The van der Waals surface area contributed by atoms with E-state index < -0.39 is 17.6 Å². The zero-order valence-electron chi connectivity index (χ0n) is 13.7. The Morgan fingerprint density at radius 2 is 1.77 bits per heavy atom. The van der Waals surface area contributed by atoms with Crippen LogP contribution in [0.15, 0.2) is 30.6 Å². The fourth-order valence-corrected chi connectivity index (χ4v) is 2.85. The molecule has 0 bridgehead atoms. The summed E-state index contributed by atoms with van der Waals surface area (Å²) in [4.78, 5) is 22.7. The lowest BCUT2D eigenvalue weighted by molar-refractivity contribution is -0.137. The normalized spacial score (nSPS) is 15.0. The van der Waals surface area contributed by atoms with E-state index in [-0.39, 0.29) is 16.3 Å². The summed E-state index contributed by atoms with van der Waals surface area (Å²) in [7, 11) is 0. The van der Waals surface area contributed by atoms with Gasteiger partial charge in [-0.1, -0.05) is 11.6 Å². The van der Waals surface area contributed by atoms with Crippen molar-refractivity contribution >= 4 is 29.1 Å². The van der Waals surface area contributed by atoms with Crippen molar-refractivity contribution in [2.24, 2.45) is 0 Å². The molecule has 1 amide bonds. The summed E-state index contributed by atoms with van der Waals surface area (Å²) in [6, 6.07) is 2.74. The quantitative estimate of drug-likeness (QED) is 0.852. The highest BCUT2D eigenvalue weighted by molar-refractivity contribution is 6.34. The van der Waals surface area contributed by atoms with Crippen molar-refractivity contribution in [3.05, 3.63) is 46.7 Å². The van der Waals surface area contributed by atoms with E-state index in [9.17, 15) is 18.0 Å². The van der Waals surface area contributed by atoms with Crippen LogP contribution in [0.1, 0.15) is 35.2 Å². The van der Waals surface area contributed by atoms with Crippen LogP contribution in [0.5, 0.6) is 0 Å². The second-order valence-electron chi connectivity index (χ2n) is 5.97. The van der Waals surface area contributed by atoms with E-state index in [1.165, 1.54) is 18.8 Å². The molecule has 0 radical (unpaired) electrons. The Kier molecular flexibility index (Phi) is 5.31. The predicted octanol–water partition coefficient (Wildman–Crippen LogP) is 4.39. The summed E-state index contributed by atoms with van der Waals surface area (Å²) in [5.74, 6) is -0.0882. The van der Waals surface area contributed by atoms with Gasteiger partial charge in [-0.15, -0.1) is 0 Å². The molecule has 138 valence electrons. The standard InChI is InChI=1S/C17H16ClF3N4O/c18-13-5-4-12(17(19,20)21)8-14(13)24-15(26)11-9-22-16(23-10-11)25-6-2-1-3-7-25/h4-5,8-10H,1-3,6-7H2,(H,24,26). The highest BCUT2D eigenvalue weighted by Crippen LogP contribution is 2.34. The van der Waals surface area contributed by atoms with E-state index in [2.05, 4.69) is 15.3 Å². The van der Waals surface area contributed by atoms with E-state index in [0.717, 1.165) is 44.1 Å². The Hall–Kier alpha value is -2.35. The van der Waals surface area contributed by atoms with Gasteiger partial charge in [0.2, 0.25) is 5.95 Å². The third kappa shape index (κ3) is 4.24. The largest absolute Gasteiger partial charge is 0.416 e. The van der Waals surface area contributed by atoms with Gasteiger partial charge in [0.25, 0.3) is 5.91 Å². The zero-order chi connectivity index (χ0) is 18.7. The van der Waals surface area contributed by atoms with Gasteiger partial charge in [0.15, 0.2) is 0 Å². The predicted molar refractivity (Wildman–Crippen MR) is 92.5 cm³/mol. The SMILES string of the molecule is O=C(Nc1cc(C(F)(F)F)ccc1Cl)c1cnc(N2CCCCC2)nc1. The van der Waals surface area contributed by atoms with Crippen LogP contribution in [0.25, 0.3) is 0 Å². The molecule has 2 heterocycles. The molecule has 1 aliphatic rings. The lowest BCUT2D eigenvalue weighted by Crippen LogP contribution is -2.31. The highest BCUT2D eigenvalue weighted by Gasteiger charge is 2.31. The molecule has 2 aromatic rings. The third-order valence-electron chi connectivity index (χ3n) is 4.08. The summed E-state index contributed by atoms with van der Waals surface area (Å²) >= 11 is 5.88. The van der Waals surface area contributed by atoms with Crippen molar-refractivity contribution in [2.75, 3.05) is 23.3 Å². The molecule has 1 fully saturated rings. The third-order valence-corrected chi connectivity index (χ3v) is 4.41. The number of alkyl halides is 3. The van der Waals surface area contributed by atoms with Crippen molar-refractivity contribution < 1.29 is 18.0 Å². The number of piperidine rings is 1. The van der Waals surface area contributed by atoms with Crippen LogP contribution >= 0.6 is 11.6 Å². The maximum absolute atomic E-state index is 12.8. The van der Waals surface area contributed by atoms with Gasteiger partial charge in [0.05, 0.1) is 21.8 Å². The molecule has 0 spiro atoms. The van der Waals surface area contributed by atoms with Gasteiger partial charge in [0, 0.05) is 25.5 Å². The van der Waals surface area contributed by atoms with Gasteiger partial charge in [-0.3, -0.25) is 4.79 Å². The molecule has 9 heteroatoms. The first kappa shape index (κ1) is 18.4. The first-order valence-corrected chi connectivity index (χ1v) is 8.47. The van der Waals surface area contributed by atoms with Gasteiger partial charge in [0.1, 0.15) is 0 Å². The number of carbonyl (C=O) groups excluding carboxylic acids is 1. The second kappa shape index (κ2) is 7.49. The molecule has 3 rings (SSSR count). The van der Waals surface area contributed by atoms with Crippen molar-refractivity contribution in [1.29, 1.82) is 0 Å². The lowest BCUT2D eigenvalue weighted by atomic mass is 10.1. The summed E-state index contributed by atoms with van der Waals surface area (Å²) < 4.78 is 38.4. The maximum atomic E-state index is 12.8. The minimum Gasteiger partial charge on any atom is -0.341 e. The molecule has 0 unspecified atom stereocenters. The van der Waals surface area contributed by atoms with Gasteiger partial charge in [-0.05, 0) is 37.5 Å². The van der Waals surface area contributed by atoms with E-state index in [4.69, 9.17) is 11.6 Å². The van der Waals surface area contributed by atoms with Gasteiger partial charge in [-0.2, -0.15) is 13.2 Å². The fraction of sp³-hybridized carbons (Fsp3) is 0.353. The number of nitrogens with one attached hydrogen (secondary N) is 1. The Morgan fingerprint density at radius 1 is 1.12 bits per heavy atom. The summed E-state index contributed by atoms with van der Waals surface area (Å²) in [5.41, 5.74) is -0.875. The zero-order valence-corrected chi connectivity index (χ0v) is 14.4. The Balaban J connectivity index is 1.74. The van der Waals surface area contributed by atoms with Crippen LogP contribution < -0.4 is 10.2 Å². The summed E-state index contributed by atoms with van der Waals surface area (Å²) in [6.45, 7) is 1.73. The Morgan fingerprint density at radius 3 is 2.38 bits per heavy atom. The number of hydrogen-bond donors (Lipinski definition) is 1. The number of halogens is 4. The second-order valence-corrected chi connectivity index (χ2v) is 6.37. The number of benzene rings is 1. The van der Waals surface area contributed by atoms with Crippen LogP contribution in [0.4, 0.5) is 24.8 Å². The number of nitrogens with zero attached hydrogens (tertiary/aromatic N) is 3. The molecule has 1 N–H and O–H groups in total. The van der Waals surface area contributed by atoms with Crippen LogP contribution in [0, 0.1) is 0 Å². The van der Waals surface area contributed by atoms with Gasteiger partial charge < -0.3 is 10.2 Å². The number of anilines is 2. The molecule has 0 saturated carbocycles. The van der Waals surface area contributed by atoms with E-state index in [1.807, 2.05) is 4.90 Å². The molecule has 1 aliphatic heterocycles. The summed E-state index contributed by atoms with van der Waals surface area (Å²) in [6.07, 6.45) is 1.50. The van der Waals surface area contributed by atoms with Crippen molar-refractivity contribution in [1.82, 2.24) is 9.97 Å². The monoisotopic (exact) mass is 384 g/mol. The van der Waals surface area contributed by atoms with Crippen LogP contribution in [0.2, 0.25) is 5.02 Å². The van der Waals surface area contributed by atoms with Crippen molar-refractivity contribution in [2.45, 2.75) is 25.4 Å². The Labute approximate surface area is 153 Å². The summed E-state index contributed by atoms with van der Waals surface area (Å²) in [5, 5.41) is 2.38. The molecule has 1 aromatic carbocycles. The smallest absolute Gasteiger partial charge is 0.341 e. The topological polar surface area (TPSA) is 58.1 Å². The molecule has 1 aromatic heterocycles. The number of rotatable bonds is 3. The number of aromatic nitrogens is 2. The lowest BCUT2D eigenvalue weighted by Gasteiger charge is -2.26. The van der Waals surface area contributed by atoms with E-state index >= 15 is 0 Å². The fourth-order valence-electron chi connectivity index (χ4n) is 2.69. The molecular weight excluding hydrogens is 369 g/mol. The minimum atomic E-state index is -4.52. The molecule has 1 saturated heterocycles. The maximum Gasteiger partial charge on any atom is 0.416 e. The van der Waals surface area contributed by atoms with E-state index in [0.29, 0.717) is 5.95 Å². The van der Waals surface area contributed by atoms with Gasteiger partial charge in [-0.25, -0.2) is 9.97 Å². The van der Waals surface area contributed by atoms with Crippen LogP contribution in [-0.2, 0) is 6.18 Å². The average molecular weight is 385 g/mol. The minimum absolute atomic E-state index is 0.0113. The van der Waals surface area contributed by atoms with E-state index in [1.54, 1.807) is 0 Å². The number of amides is 1. The molecule has 0 aliphatic carbocycles. The van der Waals surface area contributed by atoms with Crippen molar-refractivity contribution in [3.8, 4) is 0 Å². The first-order valence-electron chi connectivity index (χ1n) is 8.10. The average Bonchev–Trinajstić information content (AvgIpc) is 2.63. The molecule has 5 nitrogen and oxygen atoms in total. The van der Waals surface area contributed by atoms with Crippen LogP contribution in [0.3, 0.4) is 0 Å². The van der Waals surface area contributed by atoms with Crippen LogP contribution in [-0.4, -0.2) is 29.0 Å². The molecular formula is C17H16ClF3N4O. The van der Waals surface area contributed by atoms with Gasteiger partial charge >= 0.3 is 6.18 Å². The molecule has 26 heavy (non-hydrogen) atoms. The molecule has 0 atom stereocenters. The highest BCUT2D eigenvalue weighted by atomic mass is 35.5. The van der Waals surface area contributed by atoms with Crippen molar-refractivity contribution in [3.63, 3.8) is 0 Å². The number of hydrogen-bond acceptors (Lipinski definition) is 4. The first-order chi connectivity index (χ1) is 12.3.